The molecule has 0 spiro atoms. The van der Waals surface area contributed by atoms with Crippen LogP contribution >= 0.6 is 11.8 Å². The summed E-state index contributed by atoms with van der Waals surface area (Å²) in [6.45, 7) is 4.55. The summed E-state index contributed by atoms with van der Waals surface area (Å²) in [6, 6.07) is -0.745. The van der Waals surface area contributed by atoms with Crippen molar-refractivity contribution in [1.29, 1.82) is 0 Å². The van der Waals surface area contributed by atoms with Crippen LogP contribution in [0.3, 0.4) is 0 Å². The van der Waals surface area contributed by atoms with Crippen molar-refractivity contribution in [2.45, 2.75) is 212 Å². The molecule has 0 bridgehead atoms. The zero-order chi connectivity index (χ0) is 40.7. The molecule has 0 saturated carbocycles. The highest BCUT2D eigenvalue weighted by Crippen LogP contribution is 2.16. The number of esters is 3. The minimum Gasteiger partial charge on any atom is -0.475 e. The molecule has 0 aliphatic carbocycles. The molecule has 3 N–H and O–H groups in total. The number of thioether (sulfide) groups is 1. The van der Waals surface area contributed by atoms with Crippen molar-refractivity contribution in [3.05, 3.63) is 0 Å². The van der Waals surface area contributed by atoms with Crippen molar-refractivity contribution in [2.24, 2.45) is 5.73 Å². The van der Waals surface area contributed by atoms with Crippen molar-refractivity contribution < 1.29 is 51.7 Å². The van der Waals surface area contributed by atoms with E-state index in [9.17, 15) is 27.6 Å². The molecule has 0 aliphatic rings. The van der Waals surface area contributed by atoms with Crippen LogP contribution in [0.4, 0.5) is 13.2 Å². The fourth-order valence-corrected chi connectivity index (χ4v) is 6.69. The number of hydrogen-bond acceptors (Lipinski definition) is 9. The second-order valence-corrected chi connectivity index (χ2v) is 15.3. The van der Waals surface area contributed by atoms with Gasteiger partial charge in [0.2, 0.25) is 0 Å². The van der Waals surface area contributed by atoms with Crippen LogP contribution in [-0.4, -0.2) is 72.5 Å². The maximum atomic E-state index is 12.6. The highest BCUT2D eigenvalue weighted by Gasteiger charge is 2.38. The van der Waals surface area contributed by atoms with E-state index in [0.29, 0.717) is 24.3 Å². The van der Waals surface area contributed by atoms with E-state index >= 15 is 0 Å². The minimum absolute atomic E-state index is 0.0298. The summed E-state index contributed by atoms with van der Waals surface area (Å²) in [6.07, 6.45) is 27.8. The second-order valence-electron chi connectivity index (χ2n) is 14.3. The third kappa shape index (κ3) is 39.7. The van der Waals surface area contributed by atoms with Crippen LogP contribution in [0.15, 0.2) is 0 Å². The number of aliphatic carboxylic acids is 1. The average molecular weight is 800 g/mol. The number of methoxy groups -OCH3 is 1. The van der Waals surface area contributed by atoms with E-state index in [0.717, 1.165) is 38.5 Å². The predicted molar refractivity (Wildman–Crippen MR) is 212 cm³/mol. The number of rotatable bonds is 36. The minimum atomic E-state index is -5.08. The van der Waals surface area contributed by atoms with Gasteiger partial charge in [-0.15, -0.1) is 0 Å². The van der Waals surface area contributed by atoms with Gasteiger partial charge in [0.25, 0.3) is 0 Å². The maximum absolute atomic E-state index is 12.6. The summed E-state index contributed by atoms with van der Waals surface area (Å²) in [7, 11) is 1.31. The van der Waals surface area contributed by atoms with E-state index in [1.165, 1.54) is 147 Å². The monoisotopic (exact) mass is 800 g/mol. The molecule has 0 radical (unpaired) electrons. The Morgan fingerprint density at radius 1 is 0.593 bits per heavy atom. The standard InChI is InChI=1S/C39H75NO6S.C2HF3O2/c1-4-6-8-10-12-14-16-18-20-22-24-26-28-30-37(41)45-32-35(33-47-34-36(40)39(43)44-3)46-38(42)31-29-27-25-23-21-19-17-15-13-11-9-7-5-2;3-2(4,5)1(6)7/h35-36H,4-34,40H2,1-3H3;(H,6,7)/t35-,36+;/m1./s1. The van der Waals surface area contributed by atoms with Crippen LogP contribution < -0.4 is 5.73 Å². The van der Waals surface area contributed by atoms with Crippen LogP contribution in [0.2, 0.25) is 0 Å². The fraction of sp³-hybridized carbons (Fsp3) is 0.902. The number of carbonyl (C=O) groups is 4. The van der Waals surface area contributed by atoms with E-state index in [2.05, 4.69) is 13.8 Å². The summed E-state index contributed by atoms with van der Waals surface area (Å²) < 4.78 is 47.6. The summed E-state index contributed by atoms with van der Waals surface area (Å²) in [5.41, 5.74) is 5.85. The first-order chi connectivity index (χ1) is 25.9. The van der Waals surface area contributed by atoms with E-state index in [4.69, 9.17) is 29.8 Å². The number of carbonyl (C=O) groups excluding carboxylic acids is 3. The van der Waals surface area contributed by atoms with Gasteiger partial charge >= 0.3 is 30.1 Å². The number of unbranched alkanes of at least 4 members (excludes halogenated alkanes) is 24. The molecule has 0 aromatic rings. The normalized spacial score (nSPS) is 12.4. The molecule has 320 valence electrons. The highest BCUT2D eigenvalue weighted by atomic mass is 32.2. The zero-order valence-corrected chi connectivity index (χ0v) is 34.8. The summed E-state index contributed by atoms with van der Waals surface area (Å²) in [4.78, 5) is 45.5. The number of hydrogen-bond donors (Lipinski definition) is 2. The summed E-state index contributed by atoms with van der Waals surface area (Å²) >= 11 is 1.40. The molecule has 9 nitrogen and oxygen atoms in total. The molecule has 0 aromatic carbocycles. The fourth-order valence-electron chi connectivity index (χ4n) is 5.74. The van der Waals surface area contributed by atoms with E-state index < -0.39 is 30.3 Å². The van der Waals surface area contributed by atoms with Gasteiger partial charge in [-0.1, -0.05) is 168 Å². The first-order valence-corrected chi connectivity index (χ1v) is 22.1. The topological polar surface area (TPSA) is 142 Å². The largest absolute Gasteiger partial charge is 0.490 e. The van der Waals surface area contributed by atoms with E-state index in [1.54, 1.807) is 0 Å². The molecular weight excluding hydrogens is 724 g/mol. The predicted octanol–water partition coefficient (Wildman–Crippen LogP) is 11.3. The molecule has 0 fully saturated rings. The Bertz CT molecular complexity index is 910. The molecule has 0 heterocycles. The van der Waals surface area contributed by atoms with Crippen LogP contribution in [0.25, 0.3) is 0 Å². The van der Waals surface area contributed by atoms with Crippen LogP contribution in [0, 0.1) is 0 Å². The molecule has 0 aliphatic heterocycles. The van der Waals surface area contributed by atoms with Gasteiger partial charge in [0.15, 0.2) is 0 Å². The first kappa shape index (κ1) is 54.1. The number of carboxylic acid groups (broad SMARTS) is 1. The van der Waals surface area contributed by atoms with Gasteiger partial charge in [-0.05, 0) is 12.8 Å². The quantitative estimate of drug-likeness (QED) is 0.0357. The number of halogens is 3. The van der Waals surface area contributed by atoms with Crippen LogP contribution in [0.1, 0.15) is 194 Å². The maximum Gasteiger partial charge on any atom is 0.490 e. The average Bonchev–Trinajstić information content (AvgIpc) is 3.13. The Morgan fingerprint density at radius 2 is 0.926 bits per heavy atom. The smallest absolute Gasteiger partial charge is 0.475 e. The Hall–Kier alpha value is -2.02. The molecular formula is C41H76F3NO8S. The van der Waals surface area contributed by atoms with Crippen molar-refractivity contribution in [1.82, 2.24) is 0 Å². The van der Waals surface area contributed by atoms with Gasteiger partial charge in [0.05, 0.1) is 7.11 Å². The van der Waals surface area contributed by atoms with Crippen molar-refractivity contribution in [2.75, 3.05) is 25.2 Å². The van der Waals surface area contributed by atoms with Crippen molar-refractivity contribution in [3.8, 4) is 0 Å². The lowest BCUT2D eigenvalue weighted by Crippen LogP contribution is -2.35. The summed E-state index contributed by atoms with van der Waals surface area (Å²) in [5.74, 6) is -3.00. The molecule has 54 heavy (non-hydrogen) atoms. The molecule has 13 heteroatoms. The number of carboxylic acids is 1. The Morgan fingerprint density at radius 3 is 1.26 bits per heavy atom. The first-order valence-electron chi connectivity index (χ1n) is 20.9. The lowest BCUT2D eigenvalue weighted by atomic mass is 10.0. The summed E-state index contributed by atoms with van der Waals surface area (Å²) in [5, 5.41) is 7.12. The van der Waals surface area contributed by atoms with Crippen LogP contribution in [0.5, 0.6) is 0 Å². The Labute approximate surface area is 329 Å². The number of alkyl halides is 3. The molecule has 0 amide bonds. The lowest BCUT2D eigenvalue weighted by Gasteiger charge is -2.18. The van der Waals surface area contributed by atoms with Gasteiger partial charge < -0.3 is 25.1 Å². The van der Waals surface area contributed by atoms with Gasteiger partial charge in [-0.2, -0.15) is 24.9 Å². The van der Waals surface area contributed by atoms with Gasteiger partial charge in [0, 0.05) is 24.3 Å². The zero-order valence-electron chi connectivity index (χ0n) is 34.0. The highest BCUT2D eigenvalue weighted by molar-refractivity contribution is 7.99. The third-order valence-corrected chi connectivity index (χ3v) is 10.2. The molecule has 0 unspecified atom stereocenters. The molecule has 2 atom stereocenters. The van der Waals surface area contributed by atoms with E-state index in [-0.39, 0.29) is 18.5 Å². The van der Waals surface area contributed by atoms with E-state index in [1.807, 2.05) is 0 Å². The van der Waals surface area contributed by atoms with Crippen molar-refractivity contribution >= 4 is 35.6 Å². The number of nitrogens with two attached hydrogens (primary N) is 1. The van der Waals surface area contributed by atoms with Gasteiger partial charge in [-0.25, -0.2) is 4.79 Å². The van der Waals surface area contributed by atoms with Crippen LogP contribution in [-0.2, 0) is 33.4 Å². The lowest BCUT2D eigenvalue weighted by molar-refractivity contribution is -0.192. The van der Waals surface area contributed by atoms with Gasteiger partial charge in [-0.3, -0.25) is 14.4 Å². The second kappa shape index (κ2) is 39.2. The Kier molecular flexibility index (Phi) is 39.3. The van der Waals surface area contributed by atoms with Gasteiger partial charge in [0.1, 0.15) is 18.8 Å². The Balaban J connectivity index is 0. The number of ether oxygens (including phenoxy) is 3. The molecule has 0 aromatic heterocycles. The van der Waals surface area contributed by atoms with Crippen molar-refractivity contribution in [3.63, 3.8) is 0 Å². The molecule has 0 saturated heterocycles. The third-order valence-electron chi connectivity index (χ3n) is 9.04. The molecule has 0 rings (SSSR count). The SMILES string of the molecule is CCCCCCCCCCCCCCCC(=O)OC[C@H](CSC[C@H](N)C(=O)OC)OC(=O)CCCCCCCCCCCCCCC.O=C(O)C(F)(F)F.